The fourth-order valence-electron chi connectivity index (χ4n) is 4.11. The molecule has 0 atom stereocenters. The molecule has 3 rings (SSSR count). The van der Waals surface area contributed by atoms with Crippen molar-refractivity contribution in [1.82, 2.24) is 15.1 Å². The third-order valence-corrected chi connectivity index (χ3v) is 5.71. The lowest BCUT2D eigenvalue weighted by atomic mass is 9.97. The quantitative estimate of drug-likeness (QED) is 0.649. The zero-order chi connectivity index (χ0) is 18.2. The Morgan fingerprint density at radius 3 is 2.35 bits per heavy atom. The molecule has 1 aromatic carbocycles. The largest absolute Gasteiger partial charge is 0.368 e. The van der Waals surface area contributed by atoms with Gasteiger partial charge in [-0.2, -0.15) is 0 Å². The zero-order valence-corrected chi connectivity index (χ0v) is 16.5. The van der Waals surface area contributed by atoms with Gasteiger partial charge in [0, 0.05) is 45.5 Å². The molecule has 0 saturated carbocycles. The number of hydrogen-bond donors (Lipinski definition) is 1. The van der Waals surface area contributed by atoms with Gasteiger partial charge in [0.15, 0.2) is 5.96 Å². The summed E-state index contributed by atoms with van der Waals surface area (Å²) in [6.07, 6.45) is 3.89. The number of anilines is 1. The van der Waals surface area contributed by atoms with Gasteiger partial charge in [0.25, 0.3) is 0 Å². The maximum absolute atomic E-state index is 4.54. The summed E-state index contributed by atoms with van der Waals surface area (Å²) in [6, 6.07) is 10.7. The van der Waals surface area contributed by atoms with Crippen LogP contribution in [-0.2, 0) is 0 Å². The highest BCUT2D eigenvalue weighted by molar-refractivity contribution is 5.80. The molecule has 144 valence electrons. The van der Waals surface area contributed by atoms with Crippen LogP contribution >= 0.6 is 0 Å². The van der Waals surface area contributed by atoms with Crippen LogP contribution in [0, 0.1) is 5.92 Å². The van der Waals surface area contributed by atoms with E-state index in [2.05, 4.69) is 62.3 Å². The van der Waals surface area contributed by atoms with Crippen molar-refractivity contribution < 1.29 is 0 Å². The minimum absolute atomic E-state index is 0.783. The Morgan fingerprint density at radius 1 is 1.04 bits per heavy atom. The summed E-state index contributed by atoms with van der Waals surface area (Å²) in [5.41, 5.74) is 1.33. The molecule has 26 heavy (non-hydrogen) atoms. The first-order valence-electron chi connectivity index (χ1n) is 10.3. The summed E-state index contributed by atoms with van der Waals surface area (Å²) in [5, 5.41) is 3.65. The van der Waals surface area contributed by atoms with Gasteiger partial charge in [-0.1, -0.05) is 25.1 Å². The normalized spacial score (nSPS) is 20.5. The van der Waals surface area contributed by atoms with Crippen molar-refractivity contribution >= 4 is 11.6 Å². The third kappa shape index (κ3) is 5.13. The maximum atomic E-state index is 4.54. The molecule has 0 radical (unpaired) electrons. The summed E-state index contributed by atoms with van der Waals surface area (Å²) in [4.78, 5) is 12.0. The van der Waals surface area contributed by atoms with E-state index in [0.717, 1.165) is 44.6 Å². The molecular formula is C21H35N5. The van der Waals surface area contributed by atoms with Crippen LogP contribution < -0.4 is 10.2 Å². The molecular weight excluding hydrogens is 322 g/mol. The Bertz CT molecular complexity index is 543. The molecule has 0 aromatic heterocycles. The Hall–Kier alpha value is -1.75. The SMILES string of the molecule is CCCN1CCC(CNC(=NC)N2CCN(c3ccccc3)CC2)CC1. The average Bonchev–Trinajstić information content (AvgIpc) is 2.71. The molecule has 0 spiro atoms. The van der Waals surface area contributed by atoms with Crippen LogP contribution in [0.25, 0.3) is 0 Å². The van der Waals surface area contributed by atoms with Crippen molar-refractivity contribution in [3.05, 3.63) is 30.3 Å². The van der Waals surface area contributed by atoms with Gasteiger partial charge in [0.05, 0.1) is 0 Å². The lowest BCUT2D eigenvalue weighted by molar-refractivity contribution is 0.184. The molecule has 5 nitrogen and oxygen atoms in total. The minimum Gasteiger partial charge on any atom is -0.368 e. The van der Waals surface area contributed by atoms with E-state index in [4.69, 9.17) is 0 Å². The fraction of sp³-hybridized carbons (Fsp3) is 0.667. The standard InChI is InChI=1S/C21H35N5/c1-3-11-24-12-9-19(10-13-24)18-23-21(22-2)26-16-14-25(15-17-26)20-7-5-4-6-8-20/h4-8,19H,3,9-18H2,1-2H3,(H,22,23). The number of rotatable bonds is 5. The first kappa shape index (κ1) is 19.0. The molecule has 0 aliphatic carbocycles. The second-order valence-corrected chi connectivity index (χ2v) is 7.52. The van der Waals surface area contributed by atoms with Gasteiger partial charge in [-0.05, 0) is 56.9 Å². The lowest BCUT2D eigenvalue weighted by Gasteiger charge is -2.38. The van der Waals surface area contributed by atoms with E-state index >= 15 is 0 Å². The molecule has 2 heterocycles. The van der Waals surface area contributed by atoms with Gasteiger partial charge in [-0.3, -0.25) is 4.99 Å². The average molecular weight is 358 g/mol. The molecule has 1 aromatic rings. The molecule has 0 bridgehead atoms. The third-order valence-electron chi connectivity index (χ3n) is 5.71. The molecule has 0 unspecified atom stereocenters. The van der Waals surface area contributed by atoms with E-state index in [1.807, 2.05) is 7.05 Å². The van der Waals surface area contributed by atoms with Crippen LogP contribution in [0.1, 0.15) is 26.2 Å². The predicted octanol–water partition coefficient (Wildman–Crippen LogP) is 2.51. The Kier molecular flexibility index (Phi) is 7.18. The summed E-state index contributed by atoms with van der Waals surface area (Å²) >= 11 is 0. The number of piperazine rings is 1. The summed E-state index contributed by atoms with van der Waals surface area (Å²) in [7, 11) is 1.91. The first-order valence-corrected chi connectivity index (χ1v) is 10.3. The number of nitrogens with one attached hydrogen (secondary N) is 1. The van der Waals surface area contributed by atoms with E-state index in [9.17, 15) is 0 Å². The van der Waals surface area contributed by atoms with E-state index < -0.39 is 0 Å². The van der Waals surface area contributed by atoms with Crippen LogP contribution in [0.4, 0.5) is 5.69 Å². The van der Waals surface area contributed by atoms with Gasteiger partial charge in [-0.15, -0.1) is 0 Å². The second kappa shape index (κ2) is 9.81. The van der Waals surface area contributed by atoms with Crippen molar-refractivity contribution in [2.24, 2.45) is 10.9 Å². The number of aliphatic imine (C=N–C) groups is 1. The Morgan fingerprint density at radius 2 is 1.73 bits per heavy atom. The van der Waals surface area contributed by atoms with Crippen LogP contribution in [0.3, 0.4) is 0 Å². The number of benzene rings is 1. The molecule has 1 N–H and O–H groups in total. The van der Waals surface area contributed by atoms with Gasteiger partial charge >= 0.3 is 0 Å². The smallest absolute Gasteiger partial charge is 0.193 e. The van der Waals surface area contributed by atoms with Crippen LogP contribution in [-0.4, -0.2) is 75.2 Å². The van der Waals surface area contributed by atoms with Gasteiger partial charge in [-0.25, -0.2) is 0 Å². The number of nitrogens with zero attached hydrogens (tertiary/aromatic N) is 4. The Balaban J connectivity index is 1.41. The number of likely N-dealkylation sites (tertiary alicyclic amines) is 1. The lowest BCUT2D eigenvalue weighted by Crippen LogP contribution is -2.53. The molecule has 2 fully saturated rings. The van der Waals surface area contributed by atoms with E-state index in [1.54, 1.807) is 0 Å². The summed E-state index contributed by atoms with van der Waals surface area (Å²) in [6.45, 7) is 11.3. The molecule has 2 saturated heterocycles. The number of piperidine rings is 1. The van der Waals surface area contributed by atoms with Crippen LogP contribution in [0.2, 0.25) is 0 Å². The highest BCUT2D eigenvalue weighted by atomic mass is 15.3. The van der Waals surface area contributed by atoms with Crippen molar-refractivity contribution in [2.45, 2.75) is 26.2 Å². The fourth-order valence-corrected chi connectivity index (χ4v) is 4.11. The highest BCUT2D eigenvalue weighted by Gasteiger charge is 2.22. The van der Waals surface area contributed by atoms with Gasteiger partial charge in [0.2, 0.25) is 0 Å². The highest BCUT2D eigenvalue weighted by Crippen LogP contribution is 2.17. The van der Waals surface area contributed by atoms with Crippen molar-refractivity contribution in [3.63, 3.8) is 0 Å². The van der Waals surface area contributed by atoms with Gasteiger partial charge < -0.3 is 20.0 Å². The number of guanidine groups is 1. The van der Waals surface area contributed by atoms with E-state index in [1.165, 1.54) is 44.6 Å². The van der Waals surface area contributed by atoms with E-state index in [-0.39, 0.29) is 0 Å². The summed E-state index contributed by atoms with van der Waals surface area (Å²) < 4.78 is 0. The Labute approximate surface area is 159 Å². The topological polar surface area (TPSA) is 34.1 Å². The predicted molar refractivity (Wildman–Crippen MR) is 111 cm³/mol. The van der Waals surface area contributed by atoms with Crippen molar-refractivity contribution in [3.8, 4) is 0 Å². The van der Waals surface area contributed by atoms with Crippen molar-refractivity contribution in [2.75, 3.05) is 64.3 Å². The minimum atomic E-state index is 0.783. The van der Waals surface area contributed by atoms with Crippen LogP contribution in [0.15, 0.2) is 35.3 Å². The van der Waals surface area contributed by atoms with Gasteiger partial charge in [0.1, 0.15) is 0 Å². The van der Waals surface area contributed by atoms with Crippen molar-refractivity contribution in [1.29, 1.82) is 0 Å². The molecule has 5 heteroatoms. The monoisotopic (exact) mass is 357 g/mol. The summed E-state index contributed by atoms with van der Waals surface area (Å²) in [5.74, 6) is 1.86. The molecule has 0 amide bonds. The second-order valence-electron chi connectivity index (χ2n) is 7.52. The maximum Gasteiger partial charge on any atom is 0.193 e. The number of hydrogen-bond acceptors (Lipinski definition) is 3. The van der Waals surface area contributed by atoms with E-state index in [0.29, 0.717) is 0 Å². The zero-order valence-electron chi connectivity index (χ0n) is 16.5. The molecule has 2 aliphatic heterocycles. The number of para-hydroxylation sites is 1. The first-order chi connectivity index (χ1) is 12.8. The van der Waals surface area contributed by atoms with Crippen LogP contribution in [0.5, 0.6) is 0 Å². The molecule has 2 aliphatic rings.